The van der Waals surface area contributed by atoms with Crippen LogP contribution in [0.25, 0.3) is 5.82 Å². The van der Waals surface area contributed by atoms with E-state index in [1.54, 1.807) is 14.0 Å². The Labute approximate surface area is 164 Å². The van der Waals surface area contributed by atoms with Crippen molar-refractivity contribution in [2.75, 3.05) is 13.7 Å². The summed E-state index contributed by atoms with van der Waals surface area (Å²) in [6.07, 6.45) is 0.0800. The maximum absolute atomic E-state index is 14.4. The maximum Gasteiger partial charge on any atom is 0.416 e. The van der Waals surface area contributed by atoms with Crippen molar-refractivity contribution in [3.63, 3.8) is 0 Å². The van der Waals surface area contributed by atoms with Gasteiger partial charge in [0.1, 0.15) is 17.9 Å². The van der Waals surface area contributed by atoms with E-state index in [-0.39, 0.29) is 24.4 Å². The number of carbonyl (C=O) groups excluding carboxylic acids is 1. The number of nitrogens with zero attached hydrogens (tertiary/aromatic N) is 3. The summed E-state index contributed by atoms with van der Waals surface area (Å²) in [5, 5.41) is 16.4. The normalized spacial score (nSPS) is 14.0. The molecule has 0 radical (unpaired) electrons. The van der Waals surface area contributed by atoms with E-state index in [1.807, 2.05) is 0 Å². The number of halogens is 4. The summed E-state index contributed by atoms with van der Waals surface area (Å²) in [6, 6.07) is 2.29. The van der Waals surface area contributed by atoms with E-state index < -0.39 is 23.5 Å². The van der Waals surface area contributed by atoms with Gasteiger partial charge in [-0.15, -0.1) is 0 Å². The molecule has 0 spiro atoms. The highest BCUT2D eigenvalue weighted by Gasteiger charge is 2.32. The van der Waals surface area contributed by atoms with Crippen LogP contribution in [0.15, 0.2) is 41.7 Å². The predicted octanol–water partition coefficient (Wildman–Crippen LogP) is 3.19. The van der Waals surface area contributed by atoms with Gasteiger partial charge >= 0.3 is 6.18 Å². The summed E-state index contributed by atoms with van der Waals surface area (Å²) in [7, 11) is 1.56. The molecular formula is C19H20F4N4O2. The van der Waals surface area contributed by atoms with Crippen LogP contribution in [0.2, 0.25) is 0 Å². The maximum atomic E-state index is 14.4. The highest BCUT2D eigenvalue weighted by molar-refractivity contribution is 5.88. The van der Waals surface area contributed by atoms with Gasteiger partial charge in [0.15, 0.2) is 0 Å². The second kappa shape index (κ2) is 9.46. The number of aliphatic imine (C=N–C) groups is 1. The summed E-state index contributed by atoms with van der Waals surface area (Å²) < 4.78 is 54.2. The van der Waals surface area contributed by atoms with Crippen LogP contribution in [0.5, 0.6) is 0 Å². The lowest BCUT2D eigenvalue weighted by molar-refractivity contribution is -0.137. The van der Waals surface area contributed by atoms with Gasteiger partial charge in [-0.3, -0.25) is 9.79 Å². The Kier molecular flexibility index (Phi) is 7.27. The zero-order valence-electron chi connectivity index (χ0n) is 15.7. The predicted molar refractivity (Wildman–Crippen MR) is 99.7 cm³/mol. The van der Waals surface area contributed by atoms with E-state index in [0.29, 0.717) is 23.8 Å². The molecule has 0 bridgehead atoms. The fraction of sp³-hybridized carbons (Fsp3) is 0.316. The first kappa shape index (κ1) is 22.3. The molecule has 1 aromatic carbocycles. The number of hydrogen-bond acceptors (Lipinski definition) is 4. The van der Waals surface area contributed by atoms with Crippen molar-refractivity contribution in [3.05, 3.63) is 59.2 Å². The Bertz CT molecular complexity index is 919. The first-order valence-electron chi connectivity index (χ1n) is 8.59. The van der Waals surface area contributed by atoms with Crippen molar-refractivity contribution in [3.8, 4) is 0 Å². The monoisotopic (exact) mass is 412 g/mol. The van der Waals surface area contributed by atoms with Crippen molar-refractivity contribution >= 4 is 17.9 Å². The van der Waals surface area contributed by atoms with Gasteiger partial charge in [0.25, 0.3) is 0 Å². The molecule has 2 aromatic rings. The first-order valence-corrected chi connectivity index (χ1v) is 8.59. The Morgan fingerprint density at radius 3 is 2.69 bits per heavy atom. The standard InChI is InChI=1S/C19H20F4N4O2/c1-12(24-2)26-18(6-8-29)27-11-13(10-25-27)15(5-7-28)16-4-3-14(9-17(16)20)19(21,22)23/h3-4,6,8-11,15,28H,5,7H2,1-2H3,(H,24,26)/b18-6+. The minimum absolute atomic E-state index is 0.00628. The number of hydrogen-bond donors (Lipinski definition) is 2. The molecule has 156 valence electrons. The number of allylic oxidation sites excluding steroid dienone is 1. The molecule has 1 unspecified atom stereocenters. The van der Waals surface area contributed by atoms with Gasteiger partial charge in [-0.2, -0.15) is 18.3 Å². The minimum atomic E-state index is -4.66. The number of aldehydes is 1. The molecule has 1 atom stereocenters. The van der Waals surface area contributed by atoms with Crippen LogP contribution in [-0.4, -0.2) is 40.7 Å². The third kappa shape index (κ3) is 5.50. The summed E-state index contributed by atoms with van der Waals surface area (Å²) in [4.78, 5) is 14.8. The number of aliphatic hydroxyl groups is 1. The lowest BCUT2D eigenvalue weighted by Gasteiger charge is -2.17. The van der Waals surface area contributed by atoms with Crippen LogP contribution in [0.1, 0.15) is 36.0 Å². The van der Waals surface area contributed by atoms with Crippen LogP contribution >= 0.6 is 0 Å². The van der Waals surface area contributed by atoms with Crippen LogP contribution in [0, 0.1) is 5.82 Å². The molecule has 1 heterocycles. The second-order valence-corrected chi connectivity index (χ2v) is 6.14. The quantitative estimate of drug-likeness (QED) is 0.241. The molecule has 0 fully saturated rings. The fourth-order valence-electron chi connectivity index (χ4n) is 2.75. The summed E-state index contributed by atoms with van der Waals surface area (Å²) in [5.74, 6) is -0.961. The zero-order chi connectivity index (χ0) is 21.6. The van der Waals surface area contributed by atoms with Gasteiger partial charge in [0.2, 0.25) is 0 Å². The van der Waals surface area contributed by atoms with Gasteiger partial charge in [0.05, 0.1) is 17.6 Å². The molecule has 6 nitrogen and oxygen atoms in total. The summed E-state index contributed by atoms with van der Waals surface area (Å²) >= 11 is 0. The number of carbonyl (C=O) groups is 1. The zero-order valence-corrected chi connectivity index (χ0v) is 15.7. The number of nitrogens with one attached hydrogen (secondary N) is 1. The third-order valence-electron chi connectivity index (χ3n) is 4.24. The smallest absolute Gasteiger partial charge is 0.396 e. The number of aromatic nitrogens is 2. The third-order valence-corrected chi connectivity index (χ3v) is 4.24. The van der Waals surface area contributed by atoms with Gasteiger partial charge in [-0.25, -0.2) is 9.07 Å². The van der Waals surface area contributed by atoms with E-state index in [4.69, 9.17) is 0 Å². The molecule has 2 N–H and O–H groups in total. The molecule has 0 aliphatic rings. The molecule has 1 aromatic heterocycles. The van der Waals surface area contributed by atoms with Gasteiger partial charge in [-0.05, 0) is 36.6 Å². The number of rotatable bonds is 7. The average molecular weight is 412 g/mol. The number of aliphatic hydroxyl groups excluding tert-OH is 1. The van der Waals surface area contributed by atoms with Gasteiger partial charge in [-0.1, -0.05) is 6.07 Å². The van der Waals surface area contributed by atoms with Crippen molar-refractivity contribution in [1.29, 1.82) is 0 Å². The molecule has 0 aliphatic carbocycles. The Morgan fingerprint density at radius 1 is 1.41 bits per heavy atom. The molecule has 2 rings (SSSR count). The molecule has 0 saturated heterocycles. The summed E-state index contributed by atoms with van der Waals surface area (Å²) in [5.41, 5.74) is -0.624. The molecule has 29 heavy (non-hydrogen) atoms. The topological polar surface area (TPSA) is 79.5 Å². The lowest BCUT2D eigenvalue weighted by atomic mass is 9.89. The average Bonchev–Trinajstić information content (AvgIpc) is 3.15. The van der Waals surface area contributed by atoms with Crippen LogP contribution in [-0.2, 0) is 11.0 Å². The van der Waals surface area contributed by atoms with Crippen molar-refractivity contribution < 1.29 is 27.5 Å². The molecular weight excluding hydrogens is 392 g/mol. The van der Waals surface area contributed by atoms with Gasteiger partial charge < -0.3 is 10.4 Å². The molecule has 10 heteroatoms. The fourth-order valence-corrected chi connectivity index (χ4v) is 2.75. The van der Waals surface area contributed by atoms with Crippen molar-refractivity contribution in [2.45, 2.75) is 25.4 Å². The van der Waals surface area contributed by atoms with E-state index in [9.17, 15) is 27.5 Å². The van der Waals surface area contributed by atoms with Crippen molar-refractivity contribution in [1.82, 2.24) is 15.1 Å². The van der Waals surface area contributed by atoms with E-state index in [1.165, 1.54) is 23.2 Å². The molecule has 0 aliphatic heterocycles. The Hall–Kier alpha value is -3.01. The van der Waals surface area contributed by atoms with Crippen LogP contribution in [0.3, 0.4) is 0 Å². The molecule has 0 amide bonds. The molecule has 0 saturated carbocycles. The van der Waals surface area contributed by atoms with E-state index in [0.717, 1.165) is 12.1 Å². The van der Waals surface area contributed by atoms with Crippen LogP contribution < -0.4 is 5.32 Å². The van der Waals surface area contributed by atoms with Gasteiger partial charge in [0, 0.05) is 31.8 Å². The van der Waals surface area contributed by atoms with E-state index >= 15 is 0 Å². The number of amidine groups is 1. The Morgan fingerprint density at radius 2 is 2.14 bits per heavy atom. The number of alkyl halides is 3. The van der Waals surface area contributed by atoms with Crippen LogP contribution in [0.4, 0.5) is 17.6 Å². The SMILES string of the molecule is CN=C(C)N/C(=C\C=O)n1cc(C(CCO)c2ccc(C(F)(F)F)cc2F)cn1. The highest BCUT2D eigenvalue weighted by atomic mass is 19.4. The van der Waals surface area contributed by atoms with E-state index in [2.05, 4.69) is 15.4 Å². The number of benzene rings is 1. The van der Waals surface area contributed by atoms with Crippen molar-refractivity contribution in [2.24, 2.45) is 4.99 Å². The second-order valence-electron chi connectivity index (χ2n) is 6.14. The summed E-state index contributed by atoms with van der Waals surface area (Å²) in [6.45, 7) is 1.36. The lowest BCUT2D eigenvalue weighted by Crippen LogP contribution is -2.23. The Balaban J connectivity index is 2.42. The highest BCUT2D eigenvalue weighted by Crippen LogP contribution is 2.34. The first-order chi connectivity index (χ1) is 13.7. The minimum Gasteiger partial charge on any atom is -0.396 e. The largest absolute Gasteiger partial charge is 0.416 e.